The van der Waals surface area contributed by atoms with Gasteiger partial charge in [0.25, 0.3) is 0 Å². The van der Waals surface area contributed by atoms with Crippen molar-refractivity contribution in [2.24, 2.45) is 5.73 Å². The zero-order valence-electron chi connectivity index (χ0n) is 12.9. The number of hydrogen-bond acceptors (Lipinski definition) is 6. The molecule has 0 aliphatic heterocycles. The normalized spacial score (nSPS) is 10.7. The number of nitrogen functional groups attached to an aromatic ring is 1. The Hall–Kier alpha value is -2.86. The Kier molecular flexibility index (Phi) is 4.25. The highest BCUT2D eigenvalue weighted by molar-refractivity contribution is 5.98. The first-order valence-corrected chi connectivity index (χ1v) is 7.36. The maximum Gasteiger partial charge on any atom is 0.220 e. The van der Waals surface area contributed by atoms with Gasteiger partial charge in [0.15, 0.2) is 0 Å². The fourth-order valence-electron chi connectivity index (χ4n) is 2.50. The summed E-state index contributed by atoms with van der Waals surface area (Å²) in [6.07, 6.45) is 1.66. The molecule has 0 spiro atoms. The third-order valence-corrected chi connectivity index (χ3v) is 3.59. The Morgan fingerprint density at radius 3 is 2.78 bits per heavy atom. The lowest BCUT2D eigenvalue weighted by atomic mass is 10.0. The summed E-state index contributed by atoms with van der Waals surface area (Å²) in [5.74, 6) is 1.07. The van der Waals surface area contributed by atoms with E-state index >= 15 is 0 Å². The number of nitrogens with zero attached hydrogens (tertiary/aromatic N) is 2. The van der Waals surface area contributed by atoms with Crippen LogP contribution >= 0.6 is 0 Å². The van der Waals surface area contributed by atoms with Crippen LogP contribution in [0.5, 0.6) is 5.75 Å². The summed E-state index contributed by atoms with van der Waals surface area (Å²) in [6.45, 7) is 1.23. The van der Waals surface area contributed by atoms with Crippen molar-refractivity contribution in [3.63, 3.8) is 0 Å². The number of methoxy groups -OCH3 is 1. The Morgan fingerprint density at radius 2 is 2.04 bits per heavy atom. The number of anilines is 2. The lowest BCUT2D eigenvalue weighted by Crippen LogP contribution is -2.13. The minimum absolute atomic E-state index is 0.258. The van der Waals surface area contributed by atoms with Gasteiger partial charge in [-0.2, -0.15) is 0 Å². The van der Waals surface area contributed by atoms with Crippen LogP contribution in [-0.4, -0.2) is 30.2 Å². The first kappa shape index (κ1) is 15.1. The van der Waals surface area contributed by atoms with Crippen molar-refractivity contribution < 1.29 is 4.74 Å². The summed E-state index contributed by atoms with van der Waals surface area (Å²) in [5.41, 5.74) is 14.1. The second kappa shape index (κ2) is 6.50. The van der Waals surface area contributed by atoms with Gasteiger partial charge in [0.05, 0.1) is 12.8 Å². The van der Waals surface area contributed by atoms with Crippen LogP contribution in [0.4, 0.5) is 11.6 Å². The van der Waals surface area contributed by atoms with E-state index in [9.17, 15) is 0 Å². The van der Waals surface area contributed by atoms with Gasteiger partial charge in [-0.1, -0.05) is 6.07 Å². The van der Waals surface area contributed by atoms with Crippen molar-refractivity contribution >= 4 is 22.4 Å². The maximum absolute atomic E-state index is 5.69. The van der Waals surface area contributed by atoms with E-state index in [0.717, 1.165) is 33.5 Å². The number of aromatic nitrogens is 2. The summed E-state index contributed by atoms with van der Waals surface area (Å²) in [4.78, 5) is 8.24. The predicted molar refractivity (Wildman–Crippen MR) is 93.5 cm³/mol. The van der Waals surface area contributed by atoms with Gasteiger partial charge in [-0.25, -0.2) is 9.97 Å². The van der Waals surface area contributed by atoms with Gasteiger partial charge in [0.1, 0.15) is 5.75 Å². The molecule has 3 rings (SSSR count). The zero-order chi connectivity index (χ0) is 16.2. The molecule has 6 nitrogen and oxygen atoms in total. The predicted octanol–water partition coefficient (Wildman–Crippen LogP) is 2.26. The SMILES string of the molecule is COc1ccc2cc(-c3ccnc(N)n3)cc(NCCN)c2c1. The van der Waals surface area contributed by atoms with Crippen LogP contribution in [-0.2, 0) is 0 Å². The fourth-order valence-corrected chi connectivity index (χ4v) is 2.50. The van der Waals surface area contributed by atoms with Gasteiger partial charge in [-0.3, -0.25) is 0 Å². The molecule has 23 heavy (non-hydrogen) atoms. The molecule has 0 aliphatic carbocycles. The van der Waals surface area contributed by atoms with Crippen molar-refractivity contribution in [3.05, 3.63) is 42.6 Å². The zero-order valence-corrected chi connectivity index (χ0v) is 12.9. The number of rotatable bonds is 5. The van der Waals surface area contributed by atoms with Crippen LogP contribution in [0, 0.1) is 0 Å². The maximum atomic E-state index is 5.69. The molecule has 3 aromatic rings. The molecule has 0 saturated carbocycles. The lowest BCUT2D eigenvalue weighted by Gasteiger charge is -2.13. The Labute approximate surface area is 134 Å². The standard InChI is InChI=1S/C17H19N5O/c1-23-13-3-2-11-8-12(15-4-6-21-17(19)22-15)9-16(14(11)10-13)20-7-5-18/h2-4,6,8-10,20H,5,7,18H2,1H3,(H2,19,21,22). The topological polar surface area (TPSA) is 99.1 Å². The molecular formula is C17H19N5O. The van der Waals surface area contributed by atoms with E-state index in [1.807, 2.05) is 30.3 Å². The van der Waals surface area contributed by atoms with Crippen molar-refractivity contribution in [2.45, 2.75) is 0 Å². The molecule has 0 amide bonds. The van der Waals surface area contributed by atoms with E-state index in [4.69, 9.17) is 16.2 Å². The van der Waals surface area contributed by atoms with E-state index < -0.39 is 0 Å². The second-order valence-corrected chi connectivity index (χ2v) is 5.13. The van der Waals surface area contributed by atoms with Crippen molar-refractivity contribution in [1.29, 1.82) is 0 Å². The van der Waals surface area contributed by atoms with Crippen molar-refractivity contribution in [1.82, 2.24) is 9.97 Å². The van der Waals surface area contributed by atoms with E-state index in [0.29, 0.717) is 13.1 Å². The van der Waals surface area contributed by atoms with Crippen LogP contribution in [0.2, 0.25) is 0 Å². The minimum Gasteiger partial charge on any atom is -0.497 e. The van der Waals surface area contributed by atoms with Gasteiger partial charge in [0, 0.05) is 35.9 Å². The van der Waals surface area contributed by atoms with Crippen LogP contribution < -0.4 is 21.5 Å². The quantitative estimate of drug-likeness (QED) is 0.668. The molecule has 5 N–H and O–H groups in total. The largest absolute Gasteiger partial charge is 0.497 e. The second-order valence-electron chi connectivity index (χ2n) is 5.13. The summed E-state index contributed by atoms with van der Waals surface area (Å²) in [5, 5.41) is 5.51. The van der Waals surface area contributed by atoms with Crippen LogP contribution in [0.25, 0.3) is 22.0 Å². The molecule has 6 heteroatoms. The molecule has 0 saturated heterocycles. The Morgan fingerprint density at radius 1 is 1.17 bits per heavy atom. The third kappa shape index (κ3) is 3.17. The molecule has 118 valence electrons. The molecule has 0 unspecified atom stereocenters. The molecule has 1 heterocycles. The number of hydrogen-bond donors (Lipinski definition) is 3. The van der Waals surface area contributed by atoms with Gasteiger partial charge < -0.3 is 21.5 Å². The molecule has 0 bridgehead atoms. The van der Waals surface area contributed by atoms with Gasteiger partial charge in [0.2, 0.25) is 5.95 Å². The van der Waals surface area contributed by atoms with Gasteiger partial charge in [-0.15, -0.1) is 0 Å². The molecule has 0 aliphatic rings. The van der Waals surface area contributed by atoms with E-state index in [-0.39, 0.29) is 5.95 Å². The summed E-state index contributed by atoms with van der Waals surface area (Å²) in [7, 11) is 1.66. The van der Waals surface area contributed by atoms with Crippen LogP contribution in [0.15, 0.2) is 42.6 Å². The molecule has 0 atom stereocenters. The summed E-state index contributed by atoms with van der Waals surface area (Å²) >= 11 is 0. The van der Waals surface area contributed by atoms with Crippen LogP contribution in [0.3, 0.4) is 0 Å². The Balaban J connectivity index is 2.16. The molecule has 0 fully saturated rings. The van der Waals surface area contributed by atoms with E-state index in [1.165, 1.54) is 0 Å². The Bertz CT molecular complexity index is 834. The third-order valence-electron chi connectivity index (χ3n) is 3.59. The van der Waals surface area contributed by atoms with E-state index in [1.54, 1.807) is 13.3 Å². The highest BCUT2D eigenvalue weighted by Gasteiger charge is 2.08. The molecule has 1 aromatic heterocycles. The average Bonchev–Trinajstić information content (AvgIpc) is 2.59. The van der Waals surface area contributed by atoms with Crippen LogP contribution in [0.1, 0.15) is 0 Å². The van der Waals surface area contributed by atoms with Gasteiger partial charge in [-0.05, 0) is 35.7 Å². The van der Waals surface area contributed by atoms with Crippen molar-refractivity contribution in [2.75, 3.05) is 31.2 Å². The minimum atomic E-state index is 0.258. The van der Waals surface area contributed by atoms with Gasteiger partial charge >= 0.3 is 0 Å². The monoisotopic (exact) mass is 309 g/mol. The smallest absolute Gasteiger partial charge is 0.220 e. The first-order chi connectivity index (χ1) is 11.2. The highest BCUT2D eigenvalue weighted by Crippen LogP contribution is 2.32. The highest BCUT2D eigenvalue weighted by atomic mass is 16.5. The summed E-state index contributed by atoms with van der Waals surface area (Å²) in [6, 6.07) is 11.9. The molecular weight excluding hydrogens is 290 g/mol. The fraction of sp³-hybridized carbons (Fsp3) is 0.176. The number of nitrogens with one attached hydrogen (secondary N) is 1. The average molecular weight is 309 g/mol. The number of nitrogens with two attached hydrogens (primary N) is 2. The van der Waals surface area contributed by atoms with Crippen molar-refractivity contribution in [3.8, 4) is 17.0 Å². The molecule has 0 radical (unpaired) electrons. The number of benzene rings is 2. The summed E-state index contributed by atoms with van der Waals surface area (Å²) < 4.78 is 5.32. The van der Waals surface area contributed by atoms with E-state index in [2.05, 4.69) is 21.4 Å². The lowest BCUT2D eigenvalue weighted by molar-refractivity contribution is 0.415. The number of ether oxygens (including phenoxy) is 1. The number of fused-ring (bicyclic) bond motifs is 1. The molecule has 2 aromatic carbocycles. The first-order valence-electron chi connectivity index (χ1n) is 7.36.